The summed E-state index contributed by atoms with van der Waals surface area (Å²) in [6, 6.07) is 12.1. The van der Waals surface area contributed by atoms with E-state index in [0.29, 0.717) is 12.1 Å². The second-order valence-corrected chi connectivity index (χ2v) is 6.94. The third kappa shape index (κ3) is 2.46. The first-order chi connectivity index (χ1) is 11.5. The van der Waals surface area contributed by atoms with Crippen LogP contribution in [-0.2, 0) is 6.54 Å². The summed E-state index contributed by atoms with van der Waals surface area (Å²) < 4.78 is 1.87. The Morgan fingerprint density at radius 3 is 2.67 bits per heavy atom. The van der Waals surface area contributed by atoms with Crippen LogP contribution in [0.5, 0.6) is 0 Å². The SMILES string of the molecule is CC1(C)CCN1C(=O)c1cnc2c(cnn2Cc2ccccc2)c1. The van der Waals surface area contributed by atoms with Gasteiger partial charge in [0.25, 0.3) is 5.91 Å². The van der Waals surface area contributed by atoms with Crippen molar-refractivity contribution in [2.45, 2.75) is 32.4 Å². The molecule has 0 spiro atoms. The zero-order valence-electron chi connectivity index (χ0n) is 13.9. The van der Waals surface area contributed by atoms with E-state index in [4.69, 9.17) is 0 Å². The summed E-state index contributed by atoms with van der Waals surface area (Å²) in [4.78, 5) is 19.0. The summed E-state index contributed by atoms with van der Waals surface area (Å²) in [6.07, 6.45) is 4.50. The molecule has 5 nitrogen and oxygen atoms in total. The molecule has 0 radical (unpaired) electrons. The fourth-order valence-electron chi connectivity index (χ4n) is 3.16. The van der Waals surface area contributed by atoms with Crippen LogP contribution in [0.4, 0.5) is 0 Å². The van der Waals surface area contributed by atoms with E-state index >= 15 is 0 Å². The van der Waals surface area contributed by atoms with Crippen LogP contribution in [0.3, 0.4) is 0 Å². The molecule has 1 saturated heterocycles. The van der Waals surface area contributed by atoms with E-state index in [0.717, 1.165) is 24.0 Å². The van der Waals surface area contributed by atoms with Crippen LogP contribution in [0.15, 0.2) is 48.8 Å². The molecule has 0 atom stereocenters. The largest absolute Gasteiger partial charge is 0.333 e. The number of aromatic nitrogens is 3. The Balaban J connectivity index is 1.62. The second kappa shape index (κ2) is 5.44. The van der Waals surface area contributed by atoms with Crippen molar-refractivity contribution in [1.82, 2.24) is 19.7 Å². The molecule has 4 rings (SSSR count). The number of pyridine rings is 1. The van der Waals surface area contributed by atoms with Gasteiger partial charge in [-0.15, -0.1) is 0 Å². The van der Waals surface area contributed by atoms with Crippen LogP contribution in [0, 0.1) is 0 Å². The molecular formula is C19H20N4O. The van der Waals surface area contributed by atoms with Gasteiger partial charge in [-0.3, -0.25) is 4.79 Å². The maximum Gasteiger partial charge on any atom is 0.255 e. The monoisotopic (exact) mass is 320 g/mol. The van der Waals surface area contributed by atoms with Crippen LogP contribution in [0.1, 0.15) is 36.2 Å². The van der Waals surface area contributed by atoms with Crippen molar-refractivity contribution < 1.29 is 4.79 Å². The summed E-state index contributed by atoms with van der Waals surface area (Å²) in [7, 11) is 0. The Hall–Kier alpha value is -2.69. The Morgan fingerprint density at radius 2 is 2.00 bits per heavy atom. The number of likely N-dealkylation sites (tertiary alicyclic amines) is 1. The minimum absolute atomic E-state index is 0.0521. The lowest BCUT2D eigenvalue weighted by Gasteiger charge is -2.48. The molecule has 2 aromatic heterocycles. The highest BCUT2D eigenvalue weighted by atomic mass is 16.2. The molecule has 1 aromatic carbocycles. The van der Waals surface area contributed by atoms with Gasteiger partial charge in [0.1, 0.15) is 0 Å². The maximum atomic E-state index is 12.6. The molecule has 0 saturated carbocycles. The van der Waals surface area contributed by atoms with Gasteiger partial charge in [0.15, 0.2) is 5.65 Å². The number of carbonyl (C=O) groups is 1. The number of hydrogen-bond donors (Lipinski definition) is 0. The van der Waals surface area contributed by atoms with Crippen molar-refractivity contribution in [3.63, 3.8) is 0 Å². The Morgan fingerprint density at radius 1 is 1.21 bits per heavy atom. The van der Waals surface area contributed by atoms with Gasteiger partial charge in [0, 0.05) is 23.7 Å². The summed E-state index contributed by atoms with van der Waals surface area (Å²) in [5, 5.41) is 5.33. The second-order valence-electron chi connectivity index (χ2n) is 6.94. The average Bonchev–Trinajstić information content (AvgIpc) is 2.97. The number of rotatable bonds is 3. The van der Waals surface area contributed by atoms with Crippen LogP contribution >= 0.6 is 0 Å². The van der Waals surface area contributed by atoms with E-state index in [1.54, 1.807) is 12.4 Å². The summed E-state index contributed by atoms with van der Waals surface area (Å²) in [5.74, 6) is 0.0523. The smallest absolute Gasteiger partial charge is 0.255 e. The number of fused-ring (bicyclic) bond motifs is 1. The van der Waals surface area contributed by atoms with Crippen molar-refractivity contribution in [2.24, 2.45) is 0 Å². The molecule has 1 amide bonds. The predicted octanol–water partition coefficient (Wildman–Crippen LogP) is 3.10. The Labute approximate surface area is 140 Å². The van der Waals surface area contributed by atoms with Crippen molar-refractivity contribution >= 4 is 16.9 Å². The molecule has 0 bridgehead atoms. The number of benzene rings is 1. The summed E-state index contributed by atoms with van der Waals surface area (Å²) >= 11 is 0. The van der Waals surface area contributed by atoms with Crippen LogP contribution in [-0.4, -0.2) is 37.7 Å². The standard InChI is InChI=1S/C19H20N4O/c1-19(2)8-9-22(19)18(24)16-10-15-12-21-23(17(15)20-11-16)13-14-6-4-3-5-7-14/h3-7,10-12H,8-9,13H2,1-2H3. The fraction of sp³-hybridized carbons (Fsp3) is 0.316. The number of carbonyl (C=O) groups excluding carboxylic acids is 1. The molecule has 0 aliphatic carbocycles. The van der Waals surface area contributed by atoms with E-state index in [1.165, 1.54) is 5.56 Å². The zero-order chi connectivity index (χ0) is 16.7. The van der Waals surface area contributed by atoms with Gasteiger partial charge in [-0.05, 0) is 31.9 Å². The molecule has 3 heterocycles. The van der Waals surface area contributed by atoms with Crippen molar-refractivity contribution in [1.29, 1.82) is 0 Å². The highest BCUT2D eigenvalue weighted by molar-refractivity contribution is 5.97. The highest BCUT2D eigenvalue weighted by Crippen LogP contribution is 2.31. The van der Waals surface area contributed by atoms with Crippen LogP contribution in [0.25, 0.3) is 11.0 Å². The minimum Gasteiger partial charge on any atom is -0.333 e. The number of nitrogens with zero attached hydrogens (tertiary/aromatic N) is 4. The van der Waals surface area contributed by atoms with Crippen molar-refractivity contribution in [3.05, 3.63) is 59.9 Å². The molecule has 1 aliphatic heterocycles. The lowest BCUT2D eigenvalue weighted by Crippen LogP contribution is -2.58. The van der Waals surface area contributed by atoms with Gasteiger partial charge in [0.2, 0.25) is 0 Å². The van der Waals surface area contributed by atoms with Gasteiger partial charge < -0.3 is 4.90 Å². The first kappa shape index (κ1) is 14.9. The van der Waals surface area contributed by atoms with Gasteiger partial charge >= 0.3 is 0 Å². The third-order valence-electron chi connectivity index (χ3n) is 4.82. The van der Waals surface area contributed by atoms with E-state index in [1.807, 2.05) is 33.8 Å². The van der Waals surface area contributed by atoms with Crippen LogP contribution < -0.4 is 0 Å². The fourth-order valence-corrected chi connectivity index (χ4v) is 3.16. The molecule has 24 heavy (non-hydrogen) atoms. The van der Waals surface area contributed by atoms with Gasteiger partial charge in [-0.1, -0.05) is 30.3 Å². The molecular weight excluding hydrogens is 300 g/mol. The molecule has 122 valence electrons. The van der Waals surface area contributed by atoms with Gasteiger partial charge in [0.05, 0.1) is 18.3 Å². The van der Waals surface area contributed by atoms with Gasteiger partial charge in [-0.25, -0.2) is 9.67 Å². The number of amides is 1. The lowest BCUT2D eigenvalue weighted by molar-refractivity contribution is 0.0157. The Bertz CT molecular complexity index is 898. The molecule has 0 unspecified atom stereocenters. The predicted molar refractivity (Wildman–Crippen MR) is 92.8 cm³/mol. The van der Waals surface area contributed by atoms with E-state index < -0.39 is 0 Å². The topological polar surface area (TPSA) is 51.0 Å². The summed E-state index contributed by atoms with van der Waals surface area (Å²) in [6.45, 7) is 5.68. The lowest BCUT2D eigenvalue weighted by atomic mass is 9.88. The minimum atomic E-state index is -0.0521. The van der Waals surface area contributed by atoms with Crippen molar-refractivity contribution in [3.8, 4) is 0 Å². The van der Waals surface area contributed by atoms with E-state index in [2.05, 4.69) is 36.1 Å². The normalized spacial score (nSPS) is 16.2. The zero-order valence-corrected chi connectivity index (χ0v) is 13.9. The molecule has 1 fully saturated rings. The first-order valence-corrected chi connectivity index (χ1v) is 8.22. The van der Waals surface area contributed by atoms with Gasteiger partial charge in [-0.2, -0.15) is 5.10 Å². The third-order valence-corrected chi connectivity index (χ3v) is 4.82. The molecule has 1 aliphatic rings. The molecule has 3 aromatic rings. The first-order valence-electron chi connectivity index (χ1n) is 8.22. The maximum absolute atomic E-state index is 12.6. The molecule has 0 N–H and O–H groups in total. The number of hydrogen-bond acceptors (Lipinski definition) is 3. The molecule has 5 heteroatoms. The quantitative estimate of drug-likeness (QED) is 0.745. The van der Waals surface area contributed by atoms with Crippen LogP contribution in [0.2, 0.25) is 0 Å². The van der Waals surface area contributed by atoms with E-state index in [9.17, 15) is 4.79 Å². The van der Waals surface area contributed by atoms with E-state index in [-0.39, 0.29) is 11.4 Å². The Kier molecular flexibility index (Phi) is 3.37. The van der Waals surface area contributed by atoms with Crippen molar-refractivity contribution in [2.75, 3.05) is 6.54 Å². The highest BCUT2D eigenvalue weighted by Gasteiger charge is 2.39. The average molecular weight is 320 g/mol. The summed E-state index contributed by atoms with van der Waals surface area (Å²) in [5.41, 5.74) is 2.56.